The number of pyridine rings is 1. The number of carbonyl (C=O) groups is 2. The van der Waals surface area contributed by atoms with Crippen molar-refractivity contribution in [2.24, 2.45) is 0 Å². The van der Waals surface area contributed by atoms with E-state index in [1.807, 2.05) is 73.7 Å². The minimum absolute atomic E-state index is 0. The molecule has 4 aromatic rings. The van der Waals surface area contributed by atoms with Crippen LogP contribution in [-0.2, 0) is 12.0 Å². The number of rotatable bonds is 8. The molecule has 2 aromatic carbocycles. The van der Waals surface area contributed by atoms with Gasteiger partial charge in [0, 0.05) is 32.1 Å². The molecule has 4 amide bonds. The van der Waals surface area contributed by atoms with E-state index in [2.05, 4.69) is 20.9 Å². The van der Waals surface area contributed by atoms with E-state index in [1.54, 1.807) is 47.2 Å². The van der Waals surface area contributed by atoms with Crippen LogP contribution in [0, 0.1) is 0 Å². The minimum atomic E-state index is -0.531. The molecule has 1 fully saturated rings. The molecule has 0 unspecified atom stereocenters. The topological polar surface area (TPSA) is 123 Å². The number of likely N-dealkylation sites (tertiary alicyclic amines) is 1. The van der Waals surface area contributed by atoms with Gasteiger partial charge in [0.15, 0.2) is 0 Å². The molecule has 14 heteroatoms. The van der Waals surface area contributed by atoms with Crippen molar-refractivity contribution in [1.82, 2.24) is 19.7 Å². The second-order valence-electron chi connectivity index (χ2n) is 11.6. The van der Waals surface area contributed by atoms with Crippen LogP contribution in [0.3, 0.4) is 0 Å². The van der Waals surface area contributed by atoms with Crippen molar-refractivity contribution < 1.29 is 20.4 Å². The molecule has 258 valence electrons. The van der Waals surface area contributed by atoms with Crippen LogP contribution in [0.1, 0.15) is 53.7 Å². The molecule has 1 saturated heterocycles. The summed E-state index contributed by atoms with van der Waals surface area (Å²) in [6.45, 7) is 7.78. The van der Waals surface area contributed by atoms with E-state index < -0.39 is 6.03 Å². The Bertz CT molecular complexity index is 1710. The number of alkyl halides is 1. The standard InChI is InChI=1S/C32H35Cl2N7O4.CH3I.CH4/c1-32(2,3)25-18-27(41(39-25)21-7-9-22(44-4)10-8-21)38-30(42)36-23-11-12-24(29(34)28(23)33)45-19-20-13-14-35-26(17-20)37-31(43)40-15-5-6-16-40;1-2;/h7-14,17-18H,5-6,15-16,19H2,1-4H3,(H,35,37,43)(H2,36,38,42);1H3;1H4/i;1D;. The maximum atomic E-state index is 13.1. The first kappa shape index (κ1) is 37.1. The molecule has 0 saturated carbocycles. The number of amides is 4. The summed E-state index contributed by atoms with van der Waals surface area (Å²) in [5, 5.41) is 13.5. The number of carbonyl (C=O) groups excluding carboxylic acids is 2. The van der Waals surface area contributed by atoms with Gasteiger partial charge in [-0.15, -0.1) is 0 Å². The molecular formula is C34H42Cl2IN7O4. The fourth-order valence-electron chi connectivity index (χ4n) is 4.67. The number of urea groups is 2. The van der Waals surface area contributed by atoms with E-state index in [0.717, 1.165) is 42.9 Å². The molecule has 0 atom stereocenters. The molecule has 48 heavy (non-hydrogen) atoms. The average molecular weight is 812 g/mol. The summed E-state index contributed by atoms with van der Waals surface area (Å²) in [6, 6.07) is 15.2. The normalized spacial score (nSPS) is 12.6. The fourth-order valence-corrected chi connectivity index (χ4v) is 5.09. The Morgan fingerprint density at radius 1 is 1.00 bits per heavy atom. The van der Waals surface area contributed by atoms with Crippen molar-refractivity contribution in [2.75, 3.05) is 41.1 Å². The van der Waals surface area contributed by atoms with Crippen LogP contribution in [0.5, 0.6) is 11.5 Å². The van der Waals surface area contributed by atoms with E-state index in [-0.39, 0.29) is 35.5 Å². The number of hydrogen-bond donors (Lipinski definition) is 3. The van der Waals surface area contributed by atoms with Crippen molar-refractivity contribution in [3.05, 3.63) is 82.1 Å². The first-order chi connectivity index (χ1) is 22.9. The maximum Gasteiger partial charge on any atom is 0.324 e. The summed E-state index contributed by atoms with van der Waals surface area (Å²) in [7, 11) is 1.60. The summed E-state index contributed by atoms with van der Waals surface area (Å²) < 4.78 is 19.0. The van der Waals surface area contributed by atoms with Crippen LogP contribution in [0.15, 0.2) is 60.8 Å². The SMILES string of the molecule is C.COc1ccc(-n2nc(C(C)(C)C)cc2NC(=O)Nc2ccc(OCc3ccnc(NC(=O)N4CCCC4)c3)c(Cl)c2Cl)cc1.[2H]CI. The molecule has 2 aromatic heterocycles. The van der Waals surface area contributed by atoms with Crippen molar-refractivity contribution in [1.29, 1.82) is 0 Å². The zero-order valence-corrected chi connectivity index (χ0v) is 30.2. The van der Waals surface area contributed by atoms with E-state index in [0.29, 0.717) is 33.7 Å². The van der Waals surface area contributed by atoms with Crippen LogP contribution in [-0.4, -0.2) is 56.8 Å². The second-order valence-corrected chi connectivity index (χ2v) is 12.3. The second kappa shape index (κ2) is 17.6. The van der Waals surface area contributed by atoms with Gasteiger partial charge in [-0.1, -0.05) is 74.0 Å². The monoisotopic (exact) mass is 810 g/mol. The zero-order chi connectivity index (χ0) is 34.8. The Balaban J connectivity index is 0.00000157. The Morgan fingerprint density at radius 3 is 2.33 bits per heavy atom. The number of halogens is 3. The van der Waals surface area contributed by atoms with Gasteiger partial charge in [0.2, 0.25) is 0 Å². The van der Waals surface area contributed by atoms with Crippen LogP contribution in [0.4, 0.5) is 26.9 Å². The van der Waals surface area contributed by atoms with Crippen LogP contribution < -0.4 is 25.4 Å². The van der Waals surface area contributed by atoms with Gasteiger partial charge in [-0.25, -0.2) is 19.3 Å². The van der Waals surface area contributed by atoms with Gasteiger partial charge in [0.05, 0.1) is 29.2 Å². The predicted octanol–water partition coefficient (Wildman–Crippen LogP) is 9.42. The van der Waals surface area contributed by atoms with Gasteiger partial charge in [0.25, 0.3) is 0 Å². The van der Waals surface area contributed by atoms with Gasteiger partial charge >= 0.3 is 12.1 Å². The number of hydrogen-bond acceptors (Lipinski definition) is 6. The van der Waals surface area contributed by atoms with Gasteiger partial charge in [0.1, 0.15) is 34.8 Å². The predicted molar refractivity (Wildman–Crippen MR) is 203 cm³/mol. The highest BCUT2D eigenvalue weighted by Crippen LogP contribution is 2.38. The zero-order valence-electron chi connectivity index (χ0n) is 27.6. The first-order valence-electron chi connectivity index (χ1n) is 15.4. The largest absolute Gasteiger partial charge is 0.497 e. The quantitative estimate of drug-likeness (QED) is 0.120. The minimum Gasteiger partial charge on any atom is -0.497 e. The number of anilines is 3. The number of nitrogens with one attached hydrogen (secondary N) is 3. The summed E-state index contributed by atoms with van der Waals surface area (Å²) in [4.78, 5) is 32.0. The van der Waals surface area contributed by atoms with Crippen molar-refractivity contribution >= 4 is 75.2 Å². The fraction of sp³-hybridized carbons (Fsp3) is 0.353. The van der Waals surface area contributed by atoms with E-state index >= 15 is 0 Å². The van der Waals surface area contributed by atoms with Crippen molar-refractivity contribution in [2.45, 2.75) is 53.1 Å². The molecule has 3 N–H and O–H groups in total. The lowest BCUT2D eigenvalue weighted by molar-refractivity contribution is 0.222. The molecule has 1 aliphatic heterocycles. The Labute approximate surface area is 307 Å². The lowest BCUT2D eigenvalue weighted by Crippen LogP contribution is -2.32. The number of methoxy groups -OCH3 is 1. The lowest BCUT2D eigenvalue weighted by atomic mass is 9.92. The Morgan fingerprint density at radius 2 is 1.69 bits per heavy atom. The van der Waals surface area contributed by atoms with E-state index in [1.165, 1.54) is 0 Å². The molecule has 11 nitrogen and oxygen atoms in total. The molecule has 0 aliphatic carbocycles. The Kier molecular flexibility index (Phi) is 13.6. The summed E-state index contributed by atoms with van der Waals surface area (Å²) in [5.74, 6) is 1.95. The highest BCUT2D eigenvalue weighted by molar-refractivity contribution is 14.1. The lowest BCUT2D eigenvalue weighted by Gasteiger charge is -2.16. The van der Waals surface area contributed by atoms with Crippen LogP contribution >= 0.6 is 45.8 Å². The molecule has 0 spiro atoms. The molecular weight excluding hydrogens is 768 g/mol. The number of nitrogens with zero attached hydrogens (tertiary/aromatic N) is 4. The molecule has 0 radical (unpaired) electrons. The number of benzene rings is 2. The van der Waals surface area contributed by atoms with Crippen LogP contribution in [0.2, 0.25) is 10.0 Å². The molecule has 1 aliphatic rings. The van der Waals surface area contributed by atoms with E-state index in [4.69, 9.17) is 39.1 Å². The molecule has 3 heterocycles. The highest BCUT2D eigenvalue weighted by atomic mass is 127. The average Bonchev–Trinajstić information content (AvgIpc) is 3.75. The smallest absolute Gasteiger partial charge is 0.324 e. The van der Waals surface area contributed by atoms with Crippen molar-refractivity contribution in [3.8, 4) is 17.2 Å². The van der Waals surface area contributed by atoms with Crippen LogP contribution in [0.25, 0.3) is 5.69 Å². The molecule has 0 bridgehead atoms. The first-order valence-corrected chi connectivity index (χ1v) is 17.0. The maximum absolute atomic E-state index is 13.1. The summed E-state index contributed by atoms with van der Waals surface area (Å²) in [5.41, 5.74) is 2.37. The van der Waals surface area contributed by atoms with Gasteiger partial charge in [-0.3, -0.25) is 10.6 Å². The van der Waals surface area contributed by atoms with Crippen molar-refractivity contribution in [3.63, 3.8) is 0 Å². The third-order valence-corrected chi connectivity index (χ3v) is 8.04. The third kappa shape index (κ3) is 9.89. The van der Waals surface area contributed by atoms with Gasteiger partial charge in [-0.2, -0.15) is 5.10 Å². The van der Waals surface area contributed by atoms with Gasteiger partial charge in [-0.05, 0) is 71.8 Å². The number of aromatic nitrogens is 3. The summed E-state index contributed by atoms with van der Waals surface area (Å²) >= 11 is 15.0. The number of ether oxygens (including phenoxy) is 2. The van der Waals surface area contributed by atoms with E-state index in [9.17, 15) is 9.59 Å². The molecule has 5 rings (SSSR count). The summed E-state index contributed by atoms with van der Waals surface area (Å²) in [6.07, 6.45) is 3.61. The third-order valence-electron chi connectivity index (χ3n) is 7.18. The van der Waals surface area contributed by atoms with Gasteiger partial charge < -0.3 is 19.7 Å². The Hall–Kier alpha value is -3.75. The highest BCUT2D eigenvalue weighted by Gasteiger charge is 2.23.